The van der Waals surface area contributed by atoms with E-state index >= 15 is 0 Å². The molecule has 76 valence electrons. The predicted octanol–water partition coefficient (Wildman–Crippen LogP) is 0.356. The van der Waals surface area contributed by atoms with E-state index in [1.165, 1.54) is 0 Å². The summed E-state index contributed by atoms with van der Waals surface area (Å²) in [4.78, 5) is 10.4. The van der Waals surface area contributed by atoms with Crippen LogP contribution in [0.25, 0.3) is 0 Å². The van der Waals surface area contributed by atoms with Gasteiger partial charge in [0.1, 0.15) is 0 Å². The van der Waals surface area contributed by atoms with Gasteiger partial charge in [-0.05, 0) is 17.5 Å². The lowest BCUT2D eigenvalue weighted by Crippen LogP contribution is -2.30. The van der Waals surface area contributed by atoms with E-state index in [0.717, 1.165) is 17.5 Å². The third kappa shape index (κ3) is 3.45. The fourth-order valence-electron chi connectivity index (χ4n) is 1.17. The molecular formula is C10H15N3O. The number of primary amides is 1. The largest absolute Gasteiger partial charge is 0.352 e. The molecule has 5 N–H and O–H groups in total. The van der Waals surface area contributed by atoms with Crippen molar-refractivity contribution in [3.05, 3.63) is 35.4 Å². The van der Waals surface area contributed by atoms with Gasteiger partial charge >= 0.3 is 6.03 Å². The first-order chi connectivity index (χ1) is 6.72. The molecule has 0 saturated carbocycles. The van der Waals surface area contributed by atoms with Gasteiger partial charge in [0.15, 0.2) is 0 Å². The summed E-state index contributed by atoms with van der Waals surface area (Å²) in [6.07, 6.45) is 0.786. The monoisotopic (exact) mass is 193 g/mol. The van der Waals surface area contributed by atoms with Crippen LogP contribution in [0.3, 0.4) is 0 Å². The van der Waals surface area contributed by atoms with Gasteiger partial charge in [0, 0.05) is 13.1 Å². The average molecular weight is 193 g/mol. The van der Waals surface area contributed by atoms with Gasteiger partial charge < -0.3 is 16.8 Å². The smallest absolute Gasteiger partial charge is 0.312 e. The summed E-state index contributed by atoms with van der Waals surface area (Å²) >= 11 is 0. The summed E-state index contributed by atoms with van der Waals surface area (Å²) in [6, 6.07) is 7.50. The van der Waals surface area contributed by atoms with Gasteiger partial charge in [0.25, 0.3) is 0 Å². The molecule has 0 saturated heterocycles. The van der Waals surface area contributed by atoms with E-state index in [1.54, 1.807) is 0 Å². The Kier molecular flexibility index (Phi) is 3.94. The first kappa shape index (κ1) is 10.5. The van der Waals surface area contributed by atoms with Gasteiger partial charge in [0.2, 0.25) is 0 Å². The van der Waals surface area contributed by atoms with Crippen LogP contribution in [0.5, 0.6) is 0 Å². The maximum atomic E-state index is 10.4. The van der Waals surface area contributed by atoms with Crippen LogP contribution in [0.1, 0.15) is 11.1 Å². The number of carbonyl (C=O) groups excluding carboxylic acids is 1. The molecule has 1 aromatic rings. The summed E-state index contributed by atoms with van der Waals surface area (Å²) in [6.45, 7) is 1.12. The van der Waals surface area contributed by atoms with Crippen molar-refractivity contribution in [2.45, 2.75) is 13.0 Å². The first-order valence-electron chi connectivity index (χ1n) is 4.53. The highest BCUT2D eigenvalue weighted by molar-refractivity contribution is 5.71. The third-order valence-corrected chi connectivity index (χ3v) is 1.97. The normalized spacial score (nSPS) is 9.79. The maximum Gasteiger partial charge on any atom is 0.312 e. The zero-order valence-electron chi connectivity index (χ0n) is 7.99. The Labute approximate surface area is 83.3 Å². The zero-order valence-corrected chi connectivity index (χ0v) is 7.99. The molecule has 0 aliphatic carbocycles. The fraction of sp³-hybridized carbons (Fsp3) is 0.300. The highest BCUT2D eigenvalue weighted by Gasteiger charge is 1.95. The number of nitrogens with one attached hydrogen (secondary N) is 1. The van der Waals surface area contributed by atoms with Crippen LogP contribution in [0, 0.1) is 0 Å². The second kappa shape index (κ2) is 5.24. The molecule has 0 radical (unpaired) electrons. The Morgan fingerprint density at radius 1 is 1.21 bits per heavy atom. The zero-order chi connectivity index (χ0) is 10.4. The minimum absolute atomic E-state index is 0.483. The molecule has 0 spiro atoms. The molecule has 1 rings (SSSR count). The van der Waals surface area contributed by atoms with E-state index in [1.807, 2.05) is 24.3 Å². The summed E-state index contributed by atoms with van der Waals surface area (Å²) in [5.41, 5.74) is 12.7. The standard InChI is InChI=1S/C10H15N3O/c11-7-9-3-1-8(2-4-9)5-6-13-10(12)14/h1-4H,5-7,11H2,(H3,12,13,14). The Morgan fingerprint density at radius 3 is 2.29 bits per heavy atom. The lowest BCUT2D eigenvalue weighted by Gasteiger charge is -2.03. The van der Waals surface area contributed by atoms with Crippen LogP contribution in [0.4, 0.5) is 4.79 Å². The van der Waals surface area contributed by atoms with Gasteiger partial charge in [-0.15, -0.1) is 0 Å². The molecule has 4 heteroatoms. The molecule has 0 fully saturated rings. The maximum absolute atomic E-state index is 10.4. The van der Waals surface area contributed by atoms with Crippen molar-refractivity contribution < 1.29 is 4.79 Å². The second-order valence-corrected chi connectivity index (χ2v) is 3.06. The number of nitrogens with two attached hydrogens (primary N) is 2. The van der Waals surface area contributed by atoms with Gasteiger partial charge in [0.05, 0.1) is 0 Å². The Morgan fingerprint density at radius 2 is 1.79 bits per heavy atom. The molecule has 2 amide bonds. The van der Waals surface area contributed by atoms with Crippen LogP contribution in [0.15, 0.2) is 24.3 Å². The summed E-state index contributed by atoms with van der Waals surface area (Å²) in [5.74, 6) is 0. The number of hydrogen-bond acceptors (Lipinski definition) is 2. The summed E-state index contributed by atoms with van der Waals surface area (Å²) in [5, 5.41) is 2.54. The molecule has 0 atom stereocenters. The minimum Gasteiger partial charge on any atom is -0.352 e. The number of rotatable bonds is 4. The Balaban J connectivity index is 2.40. The van der Waals surface area contributed by atoms with Gasteiger partial charge in [-0.1, -0.05) is 24.3 Å². The van der Waals surface area contributed by atoms with Crippen LogP contribution < -0.4 is 16.8 Å². The van der Waals surface area contributed by atoms with Crippen molar-refractivity contribution in [3.63, 3.8) is 0 Å². The fourth-order valence-corrected chi connectivity index (χ4v) is 1.17. The van der Waals surface area contributed by atoms with E-state index in [2.05, 4.69) is 5.32 Å². The number of benzene rings is 1. The van der Waals surface area contributed by atoms with Crippen LogP contribution in [-0.4, -0.2) is 12.6 Å². The summed E-state index contributed by atoms with van der Waals surface area (Å²) in [7, 11) is 0. The Hall–Kier alpha value is -1.55. The molecular weight excluding hydrogens is 178 g/mol. The van der Waals surface area contributed by atoms with Crippen LogP contribution in [0.2, 0.25) is 0 Å². The lowest BCUT2D eigenvalue weighted by molar-refractivity contribution is 0.249. The highest BCUT2D eigenvalue weighted by Crippen LogP contribution is 2.03. The Bertz CT molecular complexity index is 295. The molecule has 4 nitrogen and oxygen atoms in total. The quantitative estimate of drug-likeness (QED) is 0.645. The van der Waals surface area contributed by atoms with E-state index in [-0.39, 0.29) is 0 Å². The molecule has 0 aliphatic heterocycles. The first-order valence-corrected chi connectivity index (χ1v) is 4.53. The molecule has 0 unspecified atom stereocenters. The van der Waals surface area contributed by atoms with E-state index in [4.69, 9.17) is 11.5 Å². The molecule has 0 aliphatic rings. The molecule has 0 heterocycles. The van der Waals surface area contributed by atoms with Crippen molar-refractivity contribution in [1.29, 1.82) is 0 Å². The second-order valence-electron chi connectivity index (χ2n) is 3.06. The summed E-state index contributed by atoms with van der Waals surface area (Å²) < 4.78 is 0. The predicted molar refractivity (Wildman–Crippen MR) is 55.6 cm³/mol. The molecule has 14 heavy (non-hydrogen) atoms. The van der Waals surface area contributed by atoms with Crippen molar-refractivity contribution in [3.8, 4) is 0 Å². The highest BCUT2D eigenvalue weighted by atomic mass is 16.2. The van der Waals surface area contributed by atoms with Crippen molar-refractivity contribution in [2.24, 2.45) is 11.5 Å². The number of hydrogen-bond donors (Lipinski definition) is 3. The molecule has 0 bridgehead atoms. The van der Waals surface area contributed by atoms with Gasteiger partial charge in [-0.25, -0.2) is 4.79 Å². The number of carbonyl (C=O) groups is 1. The molecule has 1 aromatic carbocycles. The van der Waals surface area contributed by atoms with Crippen molar-refractivity contribution in [1.82, 2.24) is 5.32 Å². The minimum atomic E-state index is -0.483. The van der Waals surface area contributed by atoms with E-state index < -0.39 is 6.03 Å². The topological polar surface area (TPSA) is 81.1 Å². The number of amides is 2. The lowest BCUT2D eigenvalue weighted by atomic mass is 10.1. The number of urea groups is 1. The van der Waals surface area contributed by atoms with Crippen LogP contribution in [-0.2, 0) is 13.0 Å². The van der Waals surface area contributed by atoms with Crippen molar-refractivity contribution in [2.75, 3.05) is 6.54 Å². The van der Waals surface area contributed by atoms with Crippen LogP contribution >= 0.6 is 0 Å². The van der Waals surface area contributed by atoms with E-state index in [9.17, 15) is 4.79 Å². The van der Waals surface area contributed by atoms with Gasteiger partial charge in [-0.2, -0.15) is 0 Å². The van der Waals surface area contributed by atoms with Gasteiger partial charge in [-0.3, -0.25) is 0 Å². The average Bonchev–Trinajstić information content (AvgIpc) is 2.18. The molecule has 0 aromatic heterocycles. The SMILES string of the molecule is NCc1ccc(CCNC(N)=O)cc1. The van der Waals surface area contributed by atoms with E-state index in [0.29, 0.717) is 13.1 Å². The van der Waals surface area contributed by atoms with Crippen molar-refractivity contribution >= 4 is 6.03 Å². The third-order valence-electron chi connectivity index (χ3n) is 1.97.